The van der Waals surface area contributed by atoms with E-state index in [-0.39, 0.29) is 12.2 Å². The predicted molar refractivity (Wildman–Crippen MR) is 89.3 cm³/mol. The summed E-state index contributed by atoms with van der Waals surface area (Å²) in [6.07, 6.45) is 9.48. The molecule has 5 heteroatoms. The maximum Gasteiger partial charge on any atom is 0.337 e. The van der Waals surface area contributed by atoms with Gasteiger partial charge in [0.1, 0.15) is 0 Å². The highest BCUT2D eigenvalue weighted by atomic mass is 28.4. The van der Waals surface area contributed by atoms with Gasteiger partial charge in [0, 0.05) is 14.2 Å². The highest BCUT2D eigenvalue weighted by Gasteiger charge is 2.35. The number of hydrogen-bond acceptors (Lipinski definition) is 4. The van der Waals surface area contributed by atoms with Gasteiger partial charge in [-0.1, -0.05) is 12.2 Å². The Bertz CT molecular complexity index is 275. The van der Waals surface area contributed by atoms with E-state index in [1.54, 1.807) is 26.7 Å². The summed E-state index contributed by atoms with van der Waals surface area (Å²) < 4.78 is 22.6. The van der Waals surface area contributed by atoms with Gasteiger partial charge in [-0.05, 0) is 52.6 Å². The van der Waals surface area contributed by atoms with Crippen molar-refractivity contribution in [1.29, 1.82) is 0 Å². The van der Waals surface area contributed by atoms with Gasteiger partial charge in [0.2, 0.25) is 0 Å². The van der Waals surface area contributed by atoms with Crippen molar-refractivity contribution in [3.8, 4) is 0 Å². The Hall–Kier alpha value is -0.783. The normalized spacial score (nSPS) is 15.5. The second kappa shape index (κ2) is 11.8. The van der Waals surface area contributed by atoms with Gasteiger partial charge in [0.15, 0.2) is 0 Å². The summed E-state index contributed by atoms with van der Waals surface area (Å²) in [6, 6.07) is 1.85. The van der Waals surface area contributed by atoms with Gasteiger partial charge in [0.25, 0.3) is 0 Å². The van der Waals surface area contributed by atoms with Crippen LogP contribution in [0.4, 0.5) is 0 Å². The average Bonchev–Trinajstić information content (AvgIpc) is 2.51. The Kier molecular flexibility index (Phi) is 11.4. The molecule has 0 bridgehead atoms. The highest BCUT2D eigenvalue weighted by molar-refractivity contribution is 6.67. The molecule has 2 unspecified atom stereocenters. The molecule has 0 aromatic rings. The standard InChI is InChI=1S/C16H32O4Si/c1-7-11-19-15(3)9-13-21(17-5,18-6)14-10-16(4)20-12-8-2/h7-8,11-12,15-16H,9-10,13-14H2,1-6H3. The van der Waals surface area contributed by atoms with Crippen molar-refractivity contribution in [2.75, 3.05) is 14.2 Å². The maximum atomic E-state index is 5.77. The summed E-state index contributed by atoms with van der Waals surface area (Å²) in [7, 11) is 1.35. The molecule has 0 N–H and O–H groups in total. The van der Waals surface area contributed by atoms with Crippen LogP contribution in [0.1, 0.15) is 40.5 Å². The van der Waals surface area contributed by atoms with E-state index in [1.807, 2.05) is 26.0 Å². The highest BCUT2D eigenvalue weighted by Crippen LogP contribution is 2.24. The zero-order chi connectivity index (χ0) is 16.1. The fourth-order valence-electron chi connectivity index (χ4n) is 2.02. The van der Waals surface area contributed by atoms with Crippen molar-refractivity contribution in [3.63, 3.8) is 0 Å². The minimum atomic E-state index is -2.16. The number of ether oxygens (including phenoxy) is 2. The zero-order valence-electron chi connectivity index (χ0n) is 14.4. The van der Waals surface area contributed by atoms with Crippen molar-refractivity contribution in [1.82, 2.24) is 0 Å². The summed E-state index contributed by atoms with van der Waals surface area (Å²) in [5.74, 6) is 0. The SMILES string of the molecule is CC=COC(C)CC[Si](CCC(C)OC=CC)(OC)OC. The lowest BCUT2D eigenvalue weighted by atomic mass is 10.3. The van der Waals surface area contributed by atoms with Crippen LogP contribution < -0.4 is 0 Å². The van der Waals surface area contributed by atoms with E-state index in [2.05, 4.69) is 13.8 Å². The lowest BCUT2D eigenvalue weighted by molar-refractivity contribution is 0.143. The Morgan fingerprint density at radius 2 is 1.19 bits per heavy atom. The van der Waals surface area contributed by atoms with Gasteiger partial charge >= 0.3 is 8.56 Å². The summed E-state index contributed by atoms with van der Waals surface area (Å²) in [6.45, 7) is 8.04. The molecule has 0 saturated carbocycles. The van der Waals surface area contributed by atoms with Crippen molar-refractivity contribution < 1.29 is 18.3 Å². The molecule has 2 atom stereocenters. The molecular formula is C16H32O4Si. The second-order valence-corrected chi connectivity index (χ2v) is 8.87. The first-order valence-electron chi connectivity index (χ1n) is 7.67. The summed E-state index contributed by atoms with van der Waals surface area (Å²) in [5.41, 5.74) is 0. The predicted octanol–water partition coefficient (Wildman–Crippen LogP) is 4.38. The molecule has 0 spiro atoms. The third-order valence-electron chi connectivity index (χ3n) is 3.50. The molecule has 0 amide bonds. The van der Waals surface area contributed by atoms with Crippen LogP contribution in [0.25, 0.3) is 0 Å². The largest absolute Gasteiger partial charge is 0.499 e. The van der Waals surface area contributed by atoms with Crippen molar-refractivity contribution in [2.45, 2.75) is 64.8 Å². The van der Waals surface area contributed by atoms with Gasteiger partial charge in [-0.2, -0.15) is 0 Å². The zero-order valence-corrected chi connectivity index (χ0v) is 15.4. The molecule has 0 aromatic carbocycles. The van der Waals surface area contributed by atoms with Crippen LogP contribution in [0.3, 0.4) is 0 Å². The molecular weight excluding hydrogens is 284 g/mol. The molecule has 0 aliphatic carbocycles. The van der Waals surface area contributed by atoms with Gasteiger partial charge in [0.05, 0.1) is 24.7 Å². The van der Waals surface area contributed by atoms with Crippen molar-refractivity contribution >= 4 is 8.56 Å². The third kappa shape index (κ3) is 8.96. The number of hydrogen-bond donors (Lipinski definition) is 0. The maximum absolute atomic E-state index is 5.77. The monoisotopic (exact) mass is 316 g/mol. The van der Waals surface area contributed by atoms with Crippen LogP contribution in [0, 0.1) is 0 Å². The molecule has 0 aromatic heterocycles. The molecule has 0 aliphatic heterocycles. The molecule has 0 fully saturated rings. The first-order chi connectivity index (χ1) is 10.0. The summed E-state index contributed by atoms with van der Waals surface area (Å²) in [5, 5.41) is 0. The van der Waals surface area contributed by atoms with E-state index in [0.29, 0.717) is 0 Å². The molecule has 0 aliphatic rings. The van der Waals surface area contributed by atoms with Crippen LogP contribution in [0.5, 0.6) is 0 Å². The van der Waals surface area contributed by atoms with E-state index in [9.17, 15) is 0 Å². The van der Waals surface area contributed by atoms with Crippen LogP contribution in [0.15, 0.2) is 24.7 Å². The van der Waals surface area contributed by atoms with Gasteiger partial charge < -0.3 is 18.3 Å². The molecule has 0 heterocycles. The lowest BCUT2D eigenvalue weighted by Crippen LogP contribution is -2.41. The topological polar surface area (TPSA) is 36.9 Å². The van der Waals surface area contributed by atoms with Gasteiger partial charge in [-0.3, -0.25) is 0 Å². The van der Waals surface area contributed by atoms with Crippen molar-refractivity contribution in [2.24, 2.45) is 0 Å². The van der Waals surface area contributed by atoms with Gasteiger partial charge in [-0.15, -0.1) is 0 Å². The van der Waals surface area contributed by atoms with Crippen molar-refractivity contribution in [3.05, 3.63) is 24.7 Å². The van der Waals surface area contributed by atoms with E-state index in [0.717, 1.165) is 24.9 Å². The average molecular weight is 317 g/mol. The Labute approximate surface area is 131 Å². The van der Waals surface area contributed by atoms with E-state index >= 15 is 0 Å². The minimum Gasteiger partial charge on any atom is -0.499 e. The quantitative estimate of drug-likeness (QED) is 0.395. The molecule has 21 heavy (non-hydrogen) atoms. The molecule has 0 radical (unpaired) electrons. The first kappa shape index (κ1) is 20.2. The second-order valence-electron chi connectivity index (χ2n) is 5.23. The minimum absolute atomic E-state index is 0.176. The van der Waals surface area contributed by atoms with Gasteiger partial charge in [-0.25, -0.2) is 0 Å². The number of rotatable bonds is 12. The smallest absolute Gasteiger partial charge is 0.337 e. The Morgan fingerprint density at radius 3 is 1.48 bits per heavy atom. The Balaban J connectivity index is 4.34. The van der Waals surface area contributed by atoms with Crippen LogP contribution in [-0.4, -0.2) is 35.0 Å². The first-order valence-corrected chi connectivity index (χ1v) is 9.90. The number of allylic oxidation sites excluding steroid dienone is 2. The van der Waals surface area contributed by atoms with E-state index < -0.39 is 8.56 Å². The lowest BCUT2D eigenvalue weighted by Gasteiger charge is -2.29. The fourth-order valence-corrected chi connectivity index (χ4v) is 4.95. The molecule has 0 saturated heterocycles. The summed E-state index contributed by atoms with van der Waals surface area (Å²) >= 11 is 0. The molecule has 0 rings (SSSR count). The molecule has 4 nitrogen and oxygen atoms in total. The summed E-state index contributed by atoms with van der Waals surface area (Å²) in [4.78, 5) is 0. The van der Waals surface area contributed by atoms with Crippen LogP contribution in [-0.2, 0) is 18.3 Å². The molecule has 124 valence electrons. The van der Waals surface area contributed by atoms with Crippen LogP contribution in [0.2, 0.25) is 12.1 Å². The fraction of sp³-hybridized carbons (Fsp3) is 0.750. The Morgan fingerprint density at radius 1 is 0.810 bits per heavy atom. The van der Waals surface area contributed by atoms with Crippen LogP contribution >= 0.6 is 0 Å². The third-order valence-corrected chi connectivity index (χ3v) is 7.09. The van der Waals surface area contributed by atoms with E-state index in [4.69, 9.17) is 18.3 Å². The van der Waals surface area contributed by atoms with E-state index in [1.165, 1.54) is 0 Å².